The van der Waals surface area contributed by atoms with E-state index in [0.717, 1.165) is 37.7 Å². The molecule has 0 spiro atoms. The van der Waals surface area contributed by atoms with Crippen molar-refractivity contribution in [3.05, 3.63) is 17.5 Å². The average molecular weight is 313 g/mol. The zero-order valence-electron chi connectivity index (χ0n) is 11.9. The van der Waals surface area contributed by atoms with E-state index in [4.69, 9.17) is 4.52 Å². The van der Waals surface area contributed by atoms with E-state index in [0.29, 0.717) is 24.7 Å². The number of nitrogens with zero attached hydrogens (tertiary/aromatic N) is 2. The summed E-state index contributed by atoms with van der Waals surface area (Å²) in [7, 11) is -3.26. The number of likely N-dealkylation sites (tertiary alicyclic amines) is 1. The Hall–Kier alpha value is -1.41. The third-order valence-electron chi connectivity index (χ3n) is 3.82. The molecule has 1 amide bonds. The van der Waals surface area contributed by atoms with E-state index in [9.17, 15) is 13.2 Å². The Labute approximate surface area is 123 Å². The second kappa shape index (κ2) is 5.42. The average Bonchev–Trinajstić information content (AvgIpc) is 3.14. The molecule has 8 heteroatoms. The Balaban J connectivity index is 1.65. The fourth-order valence-corrected chi connectivity index (χ4v) is 3.47. The number of sulfonamides is 1. The van der Waals surface area contributed by atoms with Crippen LogP contribution in [0.2, 0.25) is 0 Å². The molecule has 1 aliphatic carbocycles. The summed E-state index contributed by atoms with van der Waals surface area (Å²) in [5, 5.41) is 3.85. The van der Waals surface area contributed by atoms with Gasteiger partial charge >= 0.3 is 0 Å². The fraction of sp³-hybridized carbons (Fsp3) is 0.692. The van der Waals surface area contributed by atoms with Gasteiger partial charge in [-0.15, -0.1) is 0 Å². The van der Waals surface area contributed by atoms with Crippen molar-refractivity contribution in [2.75, 3.05) is 19.3 Å². The highest BCUT2D eigenvalue weighted by atomic mass is 32.2. The molecule has 21 heavy (non-hydrogen) atoms. The van der Waals surface area contributed by atoms with Gasteiger partial charge in [0.1, 0.15) is 5.76 Å². The number of aromatic nitrogens is 1. The summed E-state index contributed by atoms with van der Waals surface area (Å²) < 4.78 is 30.3. The quantitative estimate of drug-likeness (QED) is 0.883. The molecule has 1 N–H and O–H groups in total. The Kier molecular flexibility index (Phi) is 3.75. The Morgan fingerprint density at radius 3 is 2.86 bits per heavy atom. The highest BCUT2D eigenvalue weighted by molar-refractivity contribution is 7.88. The summed E-state index contributed by atoms with van der Waals surface area (Å²) in [5.74, 6) is 1.01. The van der Waals surface area contributed by atoms with Crippen LogP contribution in [-0.4, -0.2) is 49.8 Å². The summed E-state index contributed by atoms with van der Waals surface area (Å²) in [6.07, 6.45) is 4.82. The van der Waals surface area contributed by atoms with Crippen LogP contribution in [0.3, 0.4) is 0 Å². The van der Waals surface area contributed by atoms with E-state index in [1.165, 1.54) is 0 Å². The van der Waals surface area contributed by atoms with Gasteiger partial charge in [0.05, 0.1) is 6.26 Å². The zero-order chi connectivity index (χ0) is 15.0. The molecule has 2 fully saturated rings. The standard InChI is InChI=1S/C13H19N3O4S/c1-21(18,19)15-10-3-2-6-16(8-10)13(17)11-7-12(20-14-11)9-4-5-9/h7,9-10,15H,2-6,8H2,1H3. The lowest BCUT2D eigenvalue weighted by Gasteiger charge is -2.32. The van der Waals surface area contributed by atoms with Gasteiger partial charge in [-0.25, -0.2) is 13.1 Å². The smallest absolute Gasteiger partial charge is 0.276 e. The van der Waals surface area contributed by atoms with Gasteiger partial charge in [0, 0.05) is 31.1 Å². The van der Waals surface area contributed by atoms with Gasteiger partial charge < -0.3 is 9.42 Å². The minimum atomic E-state index is -3.26. The van der Waals surface area contributed by atoms with Gasteiger partial charge in [0.25, 0.3) is 5.91 Å². The molecule has 1 aromatic heterocycles. The zero-order valence-corrected chi connectivity index (χ0v) is 12.7. The van der Waals surface area contributed by atoms with Crippen molar-refractivity contribution in [3.63, 3.8) is 0 Å². The number of amides is 1. The van der Waals surface area contributed by atoms with Gasteiger partial charge in [0.2, 0.25) is 10.0 Å². The monoisotopic (exact) mass is 313 g/mol. The molecule has 1 atom stereocenters. The lowest BCUT2D eigenvalue weighted by molar-refractivity contribution is 0.0692. The molecule has 2 aliphatic rings. The first-order valence-corrected chi connectivity index (χ1v) is 9.05. The normalized spacial score (nSPS) is 23.3. The minimum Gasteiger partial charge on any atom is -0.360 e. The largest absolute Gasteiger partial charge is 0.360 e. The molecule has 2 heterocycles. The SMILES string of the molecule is CS(=O)(=O)NC1CCCN(C(=O)c2cc(C3CC3)on2)C1. The molecule has 1 saturated carbocycles. The van der Waals surface area contributed by atoms with Crippen LogP contribution in [0.15, 0.2) is 10.6 Å². The van der Waals surface area contributed by atoms with E-state index in [1.54, 1.807) is 11.0 Å². The molecule has 116 valence electrons. The lowest BCUT2D eigenvalue weighted by Crippen LogP contribution is -2.49. The molecule has 1 aliphatic heterocycles. The molecular weight excluding hydrogens is 294 g/mol. The van der Waals surface area contributed by atoms with Crippen molar-refractivity contribution in [2.24, 2.45) is 0 Å². The summed E-state index contributed by atoms with van der Waals surface area (Å²) in [4.78, 5) is 14.0. The first-order chi connectivity index (χ1) is 9.92. The van der Waals surface area contributed by atoms with E-state index >= 15 is 0 Å². The third-order valence-corrected chi connectivity index (χ3v) is 4.58. The van der Waals surface area contributed by atoms with E-state index in [1.807, 2.05) is 0 Å². The van der Waals surface area contributed by atoms with Crippen molar-refractivity contribution in [1.29, 1.82) is 0 Å². The topological polar surface area (TPSA) is 92.5 Å². The van der Waals surface area contributed by atoms with Gasteiger partial charge in [-0.3, -0.25) is 4.79 Å². The Morgan fingerprint density at radius 1 is 1.43 bits per heavy atom. The second-order valence-electron chi connectivity index (χ2n) is 5.87. The predicted molar refractivity (Wildman–Crippen MR) is 75.4 cm³/mol. The molecule has 0 aromatic carbocycles. The predicted octanol–water partition coefficient (Wildman–Crippen LogP) is 0.706. The summed E-state index contributed by atoms with van der Waals surface area (Å²) in [6, 6.07) is 1.49. The maximum atomic E-state index is 12.4. The molecule has 1 saturated heterocycles. The number of carbonyl (C=O) groups is 1. The van der Waals surface area contributed by atoms with Gasteiger partial charge in [-0.1, -0.05) is 5.16 Å². The minimum absolute atomic E-state index is 0.189. The number of hydrogen-bond acceptors (Lipinski definition) is 5. The van der Waals surface area contributed by atoms with Crippen LogP contribution in [0, 0.1) is 0 Å². The first-order valence-electron chi connectivity index (χ1n) is 7.15. The van der Waals surface area contributed by atoms with Gasteiger partial charge in [-0.2, -0.15) is 0 Å². The van der Waals surface area contributed by atoms with Crippen molar-refractivity contribution in [3.8, 4) is 0 Å². The summed E-state index contributed by atoms with van der Waals surface area (Å²) in [6.45, 7) is 0.990. The molecule has 0 radical (unpaired) electrons. The van der Waals surface area contributed by atoms with Crippen LogP contribution in [0.25, 0.3) is 0 Å². The Bertz CT molecular complexity index is 636. The number of carbonyl (C=O) groups excluding carboxylic acids is 1. The third kappa shape index (κ3) is 3.62. The van der Waals surface area contributed by atoms with Crippen molar-refractivity contribution >= 4 is 15.9 Å². The molecule has 1 unspecified atom stereocenters. The van der Waals surface area contributed by atoms with Crippen molar-refractivity contribution in [1.82, 2.24) is 14.8 Å². The van der Waals surface area contributed by atoms with Crippen LogP contribution in [0.1, 0.15) is 47.8 Å². The Morgan fingerprint density at radius 2 is 2.19 bits per heavy atom. The van der Waals surface area contributed by atoms with E-state index in [2.05, 4.69) is 9.88 Å². The van der Waals surface area contributed by atoms with Gasteiger partial charge in [-0.05, 0) is 25.7 Å². The summed E-state index contributed by atoms with van der Waals surface area (Å²) >= 11 is 0. The van der Waals surface area contributed by atoms with Crippen LogP contribution < -0.4 is 4.72 Å². The first kappa shape index (κ1) is 14.5. The van der Waals surface area contributed by atoms with E-state index in [-0.39, 0.29) is 11.9 Å². The fourth-order valence-electron chi connectivity index (χ4n) is 2.67. The maximum absolute atomic E-state index is 12.4. The highest BCUT2D eigenvalue weighted by Gasteiger charge is 2.31. The van der Waals surface area contributed by atoms with Crippen LogP contribution in [0.4, 0.5) is 0 Å². The van der Waals surface area contributed by atoms with Crippen molar-refractivity contribution < 1.29 is 17.7 Å². The molecule has 3 rings (SSSR count). The van der Waals surface area contributed by atoms with E-state index < -0.39 is 10.0 Å². The van der Waals surface area contributed by atoms with Gasteiger partial charge in [0.15, 0.2) is 5.69 Å². The maximum Gasteiger partial charge on any atom is 0.276 e. The van der Waals surface area contributed by atoms with Crippen LogP contribution in [0.5, 0.6) is 0 Å². The van der Waals surface area contributed by atoms with Crippen LogP contribution in [-0.2, 0) is 10.0 Å². The number of piperidine rings is 1. The van der Waals surface area contributed by atoms with Crippen molar-refractivity contribution in [2.45, 2.75) is 37.6 Å². The molecule has 0 bridgehead atoms. The lowest BCUT2D eigenvalue weighted by atomic mass is 10.1. The second-order valence-corrected chi connectivity index (χ2v) is 7.65. The number of hydrogen-bond donors (Lipinski definition) is 1. The number of nitrogens with one attached hydrogen (secondary N) is 1. The summed E-state index contributed by atoms with van der Waals surface area (Å²) in [5.41, 5.74) is 0.317. The number of rotatable bonds is 4. The molecular formula is C13H19N3O4S. The van der Waals surface area contributed by atoms with Crippen LogP contribution >= 0.6 is 0 Å². The molecule has 7 nitrogen and oxygen atoms in total. The highest BCUT2D eigenvalue weighted by Crippen LogP contribution is 2.40. The molecule has 1 aromatic rings.